The van der Waals surface area contributed by atoms with Gasteiger partial charge in [-0.15, -0.1) is 0 Å². The van der Waals surface area contributed by atoms with Crippen LogP contribution in [-0.4, -0.2) is 42.8 Å². The van der Waals surface area contributed by atoms with Gasteiger partial charge in [-0.2, -0.15) is 23.4 Å². The molecule has 29 heavy (non-hydrogen) atoms. The van der Waals surface area contributed by atoms with Crippen LogP contribution in [0.15, 0.2) is 12.4 Å². The highest BCUT2D eigenvalue weighted by atomic mass is 32.1. The second-order valence-electron chi connectivity index (χ2n) is 6.68. The summed E-state index contributed by atoms with van der Waals surface area (Å²) in [5.74, 6) is -0.650. The molecule has 0 spiro atoms. The topological polar surface area (TPSA) is 101 Å². The van der Waals surface area contributed by atoms with Crippen LogP contribution >= 0.6 is 12.2 Å². The van der Waals surface area contributed by atoms with E-state index >= 15 is 0 Å². The Hall–Kier alpha value is -2.83. The summed E-state index contributed by atoms with van der Waals surface area (Å²) in [6.07, 6.45) is -1.93. The fourth-order valence-corrected chi connectivity index (χ4v) is 3.29. The minimum atomic E-state index is -4.46. The first-order chi connectivity index (χ1) is 13.6. The number of nitrogens with one attached hydrogen (secondary N) is 4. The van der Waals surface area contributed by atoms with Crippen molar-refractivity contribution in [1.29, 1.82) is 0 Å². The van der Waals surface area contributed by atoms with Gasteiger partial charge in [-0.1, -0.05) is 0 Å². The summed E-state index contributed by atoms with van der Waals surface area (Å²) in [6, 6.07) is -2.25. The standard InChI is InChI=1S/C16H21F3N8OS/c1-4-26-9(3)11(7-20-26)23-15(29)25-24-14(28)10-6-21-27-12(16(17,18)19)5-8(2)22-13(10)27/h6-8,12,22H,4-5H2,1-3H3,(H,24,28)(H2,23,25,29). The van der Waals surface area contributed by atoms with Gasteiger partial charge >= 0.3 is 6.18 Å². The largest absolute Gasteiger partial charge is 0.410 e. The Bertz CT molecular complexity index is 922. The highest BCUT2D eigenvalue weighted by Gasteiger charge is 2.46. The SMILES string of the molecule is CCn1ncc(NC(=S)NNC(=O)c2cnn3c2NC(C)CC3C(F)(F)F)c1C. The fourth-order valence-electron chi connectivity index (χ4n) is 3.13. The lowest BCUT2D eigenvalue weighted by Crippen LogP contribution is -2.44. The summed E-state index contributed by atoms with van der Waals surface area (Å²) in [6.45, 7) is 6.13. The van der Waals surface area contributed by atoms with E-state index in [4.69, 9.17) is 12.2 Å². The van der Waals surface area contributed by atoms with Gasteiger partial charge in [-0.05, 0) is 39.4 Å². The van der Waals surface area contributed by atoms with Crippen molar-refractivity contribution in [2.45, 2.75) is 52.0 Å². The van der Waals surface area contributed by atoms with Gasteiger partial charge in [0.1, 0.15) is 11.4 Å². The second kappa shape index (κ2) is 7.89. The Labute approximate surface area is 170 Å². The number of carbonyl (C=O) groups is 1. The summed E-state index contributed by atoms with van der Waals surface area (Å²) in [4.78, 5) is 12.5. The van der Waals surface area contributed by atoms with E-state index in [2.05, 4.69) is 31.7 Å². The number of fused-ring (bicyclic) bond motifs is 1. The van der Waals surface area contributed by atoms with E-state index in [1.165, 1.54) is 0 Å². The first kappa shape index (κ1) is 20.9. The highest BCUT2D eigenvalue weighted by Crippen LogP contribution is 2.39. The smallest absolute Gasteiger partial charge is 0.367 e. The number of alkyl halides is 3. The predicted molar refractivity (Wildman–Crippen MR) is 104 cm³/mol. The van der Waals surface area contributed by atoms with Crippen LogP contribution in [0.1, 0.15) is 42.4 Å². The normalized spacial score (nSPS) is 18.6. The van der Waals surface area contributed by atoms with Gasteiger partial charge in [-0.25, -0.2) is 4.68 Å². The summed E-state index contributed by atoms with van der Waals surface area (Å²) in [5.41, 5.74) is 6.42. The molecule has 0 radical (unpaired) electrons. The molecule has 1 aliphatic heterocycles. The minimum absolute atomic E-state index is 0.0175. The first-order valence-corrected chi connectivity index (χ1v) is 9.33. The number of carbonyl (C=O) groups excluding carboxylic acids is 1. The van der Waals surface area contributed by atoms with Gasteiger partial charge in [0, 0.05) is 12.6 Å². The van der Waals surface area contributed by atoms with Crippen LogP contribution in [0.3, 0.4) is 0 Å². The van der Waals surface area contributed by atoms with E-state index in [-0.39, 0.29) is 22.9 Å². The van der Waals surface area contributed by atoms with Crippen molar-refractivity contribution in [3.05, 3.63) is 23.7 Å². The monoisotopic (exact) mass is 430 g/mol. The molecule has 0 saturated heterocycles. The Morgan fingerprint density at radius 3 is 2.69 bits per heavy atom. The number of aryl methyl sites for hydroxylation is 1. The summed E-state index contributed by atoms with van der Waals surface area (Å²) >= 11 is 5.14. The lowest BCUT2D eigenvalue weighted by molar-refractivity contribution is -0.173. The molecule has 158 valence electrons. The molecule has 1 amide bonds. The Kier molecular flexibility index (Phi) is 5.68. The van der Waals surface area contributed by atoms with Crippen molar-refractivity contribution >= 4 is 34.7 Å². The number of nitrogens with zero attached hydrogens (tertiary/aromatic N) is 4. The van der Waals surface area contributed by atoms with Crippen LogP contribution in [0.4, 0.5) is 24.7 Å². The third-order valence-corrected chi connectivity index (χ3v) is 4.82. The Morgan fingerprint density at radius 1 is 1.34 bits per heavy atom. The summed E-state index contributed by atoms with van der Waals surface area (Å²) in [7, 11) is 0. The van der Waals surface area contributed by atoms with Crippen LogP contribution in [-0.2, 0) is 6.54 Å². The van der Waals surface area contributed by atoms with Crippen molar-refractivity contribution in [2.24, 2.45) is 0 Å². The van der Waals surface area contributed by atoms with Crippen molar-refractivity contribution < 1.29 is 18.0 Å². The summed E-state index contributed by atoms with van der Waals surface area (Å²) in [5, 5.41) is 13.8. The number of aromatic nitrogens is 4. The number of anilines is 2. The van der Waals surface area contributed by atoms with E-state index in [1.54, 1.807) is 17.8 Å². The molecule has 9 nitrogen and oxygen atoms in total. The van der Waals surface area contributed by atoms with E-state index in [0.717, 1.165) is 16.6 Å². The molecule has 4 N–H and O–H groups in total. The molecule has 0 bridgehead atoms. The molecule has 1 aliphatic rings. The van der Waals surface area contributed by atoms with Crippen LogP contribution in [0, 0.1) is 6.92 Å². The molecule has 0 fully saturated rings. The lowest BCUT2D eigenvalue weighted by Gasteiger charge is -2.31. The van der Waals surface area contributed by atoms with Gasteiger partial charge in [0.25, 0.3) is 5.91 Å². The van der Waals surface area contributed by atoms with Crippen LogP contribution in [0.5, 0.6) is 0 Å². The number of rotatable bonds is 3. The maximum atomic E-state index is 13.3. The molecule has 0 aromatic carbocycles. The van der Waals surface area contributed by atoms with Crippen LogP contribution in [0.25, 0.3) is 0 Å². The average molecular weight is 430 g/mol. The molecule has 3 rings (SSSR count). The number of thiocarbonyl (C=S) groups is 1. The minimum Gasteiger partial charge on any atom is -0.367 e. The van der Waals surface area contributed by atoms with Crippen LogP contribution < -0.4 is 21.5 Å². The molecule has 2 aromatic rings. The molecule has 3 heterocycles. The molecular weight excluding hydrogens is 409 g/mol. The zero-order valence-electron chi connectivity index (χ0n) is 16.0. The van der Waals surface area contributed by atoms with Crippen molar-refractivity contribution in [3.63, 3.8) is 0 Å². The number of hydrazine groups is 1. The third kappa shape index (κ3) is 4.28. The van der Waals surface area contributed by atoms with E-state index in [1.807, 2.05) is 13.8 Å². The number of halogens is 3. The van der Waals surface area contributed by atoms with E-state index in [0.29, 0.717) is 12.2 Å². The number of amides is 1. The van der Waals surface area contributed by atoms with Crippen LogP contribution in [0.2, 0.25) is 0 Å². The van der Waals surface area contributed by atoms with E-state index in [9.17, 15) is 18.0 Å². The zero-order chi connectivity index (χ0) is 21.3. The molecule has 13 heteroatoms. The molecule has 2 atom stereocenters. The third-order valence-electron chi connectivity index (χ3n) is 4.61. The zero-order valence-corrected chi connectivity index (χ0v) is 16.8. The van der Waals surface area contributed by atoms with Crippen molar-refractivity contribution in [3.8, 4) is 0 Å². The van der Waals surface area contributed by atoms with Gasteiger partial charge in [0.2, 0.25) is 0 Å². The summed E-state index contributed by atoms with van der Waals surface area (Å²) < 4.78 is 42.4. The van der Waals surface area contributed by atoms with Gasteiger partial charge in [0.15, 0.2) is 11.2 Å². The average Bonchev–Trinajstić information content (AvgIpc) is 3.22. The number of hydrogen-bond donors (Lipinski definition) is 4. The predicted octanol–water partition coefficient (Wildman–Crippen LogP) is 2.35. The molecule has 2 aromatic heterocycles. The first-order valence-electron chi connectivity index (χ1n) is 8.92. The molecule has 2 unspecified atom stereocenters. The number of hydrogen-bond acceptors (Lipinski definition) is 5. The van der Waals surface area contributed by atoms with Crippen molar-refractivity contribution in [2.75, 3.05) is 10.6 Å². The maximum absolute atomic E-state index is 13.3. The Morgan fingerprint density at radius 2 is 2.07 bits per heavy atom. The van der Waals surface area contributed by atoms with Gasteiger partial charge < -0.3 is 10.6 Å². The van der Waals surface area contributed by atoms with Gasteiger partial charge in [0.05, 0.1) is 23.8 Å². The van der Waals surface area contributed by atoms with E-state index < -0.39 is 24.2 Å². The molecule has 0 aliphatic carbocycles. The second-order valence-corrected chi connectivity index (χ2v) is 7.09. The quantitative estimate of drug-likeness (QED) is 0.438. The highest BCUT2D eigenvalue weighted by molar-refractivity contribution is 7.80. The maximum Gasteiger partial charge on any atom is 0.410 e. The Balaban J connectivity index is 1.67. The van der Waals surface area contributed by atoms with Crippen molar-refractivity contribution in [1.82, 2.24) is 30.4 Å². The van der Waals surface area contributed by atoms with Gasteiger partial charge in [-0.3, -0.25) is 20.3 Å². The fraction of sp³-hybridized carbons (Fsp3) is 0.500. The molecular formula is C16H21F3N8OS. The molecule has 0 saturated carbocycles. The lowest BCUT2D eigenvalue weighted by atomic mass is 10.1.